The minimum atomic E-state index is -0.123. The number of amides is 1. The SMILES string of the molecule is Cc1cnc2c(N)c(C(=O)NC3CCc4cc(N5CCCNCC5)ccc4C3)sc2n1. The molecule has 4 N–H and O–H groups in total. The third kappa shape index (κ3) is 4.09. The molecule has 1 atom stereocenters. The maximum atomic E-state index is 12.9. The summed E-state index contributed by atoms with van der Waals surface area (Å²) in [4.78, 5) is 25.4. The molecule has 0 saturated carbocycles. The van der Waals surface area contributed by atoms with Gasteiger partial charge in [0.25, 0.3) is 5.91 Å². The number of hydrogen-bond donors (Lipinski definition) is 3. The van der Waals surface area contributed by atoms with Crippen molar-refractivity contribution >= 4 is 39.0 Å². The molecule has 31 heavy (non-hydrogen) atoms. The van der Waals surface area contributed by atoms with E-state index in [1.165, 1.54) is 34.6 Å². The lowest BCUT2D eigenvalue weighted by atomic mass is 9.87. The van der Waals surface area contributed by atoms with Crippen molar-refractivity contribution in [2.45, 2.75) is 38.6 Å². The highest BCUT2D eigenvalue weighted by molar-refractivity contribution is 7.21. The van der Waals surface area contributed by atoms with E-state index < -0.39 is 0 Å². The number of aryl methyl sites for hydroxylation is 2. The lowest BCUT2D eigenvalue weighted by Gasteiger charge is -2.28. The van der Waals surface area contributed by atoms with Crippen molar-refractivity contribution in [3.8, 4) is 0 Å². The Balaban J connectivity index is 1.29. The molecular weight excluding hydrogens is 408 g/mol. The second-order valence-electron chi connectivity index (χ2n) is 8.47. The topological polar surface area (TPSA) is 96.2 Å². The zero-order valence-electron chi connectivity index (χ0n) is 17.8. The number of nitrogens with two attached hydrogens (primary N) is 1. The van der Waals surface area contributed by atoms with E-state index in [2.05, 4.69) is 43.7 Å². The summed E-state index contributed by atoms with van der Waals surface area (Å²) in [5, 5.41) is 6.66. The standard InChI is InChI=1S/C23H28N6OS/c1-14-13-26-20-19(24)21(31-23(20)27-14)22(30)28-17-5-3-16-12-18(6-4-15(16)11-17)29-9-2-7-25-8-10-29/h4,6,12-13,17,25H,2-3,5,7-11,24H2,1H3,(H,28,30). The van der Waals surface area contributed by atoms with E-state index in [0.29, 0.717) is 20.9 Å². The van der Waals surface area contributed by atoms with E-state index in [9.17, 15) is 4.79 Å². The second kappa shape index (κ2) is 8.43. The highest BCUT2D eigenvalue weighted by atomic mass is 32.1. The largest absolute Gasteiger partial charge is 0.396 e. The lowest BCUT2D eigenvalue weighted by molar-refractivity contribution is 0.0938. The van der Waals surface area contributed by atoms with Gasteiger partial charge in [-0.1, -0.05) is 6.07 Å². The Hall–Kier alpha value is -2.71. The Morgan fingerprint density at radius 3 is 3.10 bits per heavy atom. The van der Waals surface area contributed by atoms with Crippen LogP contribution in [0.2, 0.25) is 0 Å². The number of fused-ring (bicyclic) bond motifs is 2. The molecule has 0 bridgehead atoms. The number of benzene rings is 1. The van der Waals surface area contributed by atoms with Crippen LogP contribution in [0.25, 0.3) is 10.3 Å². The first-order valence-corrected chi connectivity index (χ1v) is 11.8. The summed E-state index contributed by atoms with van der Waals surface area (Å²) in [6.07, 6.45) is 5.62. The summed E-state index contributed by atoms with van der Waals surface area (Å²) in [5.41, 5.74) is 12.1. The smallest absolute Gasteiger partial charge is 0.263 e. The molecule has 2 aliphatic rings. The first kappa shape index (κ1) is 20.2. The molecule has 162 valence electrons. The third-order valence-electron chi connectivity index (χ3n) is 6.22. The van der Waals surface area contributed by atoms with Crippen LogP contribution in [0.1, 0.15) is 39.3 Å². The van der Waals surface area contributed by atoms with Crippen molar-refractivity contribution in [3.05, 3.63) is 46.1 Å². The van der Waals surface area contributed by atoms with Crippen LogP contribution in [0.4, 0.5) is 11.4 Å². The van der Waals surface area contributed by atoms with Gasteiger partial charge in [-0.05, 0) is 62.4 Å². The van der Waals surface area contributed by atoms with E-state index >= 15 is 0 Å². The molecule has 1 saturated heterocycles. The van der Waals surface area contributed by atoms with Crippen molar-refractivity contribution in [2.24, 2.45) is 0 Å². The third-order valence-corrected chi connectivity index (χ3v) is 7.31. The van der Waals surface area contributed by atoms with E-state index in [-0.39, 0.29) is 11.9 Å². The van der Waals surface area contributed by atoms with Gasteiger partial charge in [-0.15, -0.1) is 11.3 Å². The number of nitrogens with one attached hydrogen (secondary N) is 2. The van der Waals surface area contributed by atoms with Gasteiger partial charge in [0.2, 0.25) is 0 Å². The molecule has 0 spiro atoms. The maximum absolute atomic E-state index is 12.9. The van der Waals surface area contributed by atoms with Crippen LogP contribution in [-0.4, -0.2) is 48.1 Å². The summed E-state index contributed by atoms with van der Waals surface area (Å²) in [6.45, 7) is 6.17. The number of nitrogen functional groups attached to an aromatic ring is 1. The predicted octanol–water partition coefficient (Wildman–Crippen LogP) is 2.67. The van der Waals surface area contributed by atoms with Gasteiger partial charge in [-0.25, -0.2) is 9.97 Å². The van der Waals surface area contributed by atoms with Gasteiger partial charge in [0, 0.05) is 37.6 Å². The zero-order chi connectivity index (χ0) is 21.4. The quantitative estimate of drug-likeness (QED) is 0.584. The molecule has 0 radical (unpaired) electrons. The van der Waals surface area contributed by atoms with E-state index in [0.717, 1.165) is 51.1 Å². The molecule has 7 nitrogen and oxygen atoms in total. The summed E-state index contributed by atoms with van der Waals surface area (Å²) < 4.78 is 0. The fraction of sp³-hybridized carbons (Fsp3) is 0.435. The number of aromatic nitrogens is 2. The first-order chi connectivity index (χ1) is 15.1. The highest BCUT2D eigenvalue weighted by Gasteiger charge is 2.25. The number of rotatable bonds is 3. The molecule has 1 amide bonds. The number of carbonyl (C=O) groups excluding carboxylic acids is 1. The lowest BCUT2D eigenvalue weighted by Crippen LogP contribution is -2.38. The molecule has 2 aromatic heterocycles. The number of nitrogens with zero attached hydrogens (tertiary/aromatic N) is 3. The van der Waals surface area contributed by atoms with Crippen LogP contribution < -0.4 is 21.3 Å². The predicted molar refractivity (Wildman–Crippen MR) is 126 cm³/mol. The molecule has 1 unspecified atom stereocenters. The Labute approximate surface area is 186 Å². The van der Waals surface area contributed by atoms with Crippen LogP contribution >= 0.6 is 11.3 Å². The maximum Gasteiger partial charge on any atom is 0.263 e. The molecule has 1 fully saturated rings. The van der Waals surface area contributed by atoms with Crippen LogP contribution in [0.15, 0.2) is 24.4 Å². The fourth-order valence-electron chi connectivity index (χ4n) is 4.56. The highest BCUT2D eigenvalue weighted by Crippen LogP contribution is 2.32. The normalized spacial score (nSPS) is 19.1. The number of anilines is 2. The number of carbonyl (C=O) groups is 1. The molecule has 8 heteroatoms. The first-order valence-electron chi connectivity index (χ1n) is 11.0. The van der Waals surface area contributed by atoms with Crippen LogP contribution in [-0.2, 0) is 12.8 Å². The zero-order valence-corrected chi connectivity index (χ0v) is 18.6. The van der Waals surface area contributed by atoms with Crippen molar-refractivity contribution in [2.75, 3.05) is 36.8 Å². The van der Waals surface area contributed by atoms with Gasteiger partial charge in [-0.2, -0.15) is 0 Å². The van der Waals surface area contributed by atoms with E-state index in [1.54, 1.807) is 6.20 Å². The van der Waals surface area contributed by atoms with Crippen LogP contribution in [0.5, 0.6) is 0 Å². The summed E-state index contributed by atoms with van der Waals surface area (Å²) in [6, 6.07) is 6.94. The van der Waals surface area contributed by atoms with Crippen LogP contribution in [0, 0.1) is 6.92 Å². The van der Waals surface area contributed by atoms with Crippen molar-refractivity contribution in [1.29, 1.82) is 0 Å². The molecule has 1 aliphatic heterocycles. The molecule has 3 aromatic rings. The molecule has 1 aliphatic carbocycles. The molecule has 5 rings (SSSR count). The average Bonchev–Trinajstić information content (AvgIpc) is 2.94. The summed E-state index contributed by atoms with van der Waals surface area (Å²) in [5.74, 6) is -0.123. The van der Waals surface area contributed by atoms with Crippen molar-refractivity contribution in [1.82, 2.24) is 20.6 Å². The van der Waals surface area contributed by atoms with Gasteiger partial charge in [0.1, 0.15) is 15.2 Å². The minimum Gasteiger partial charge on any atom is -0.396 e. The van der Waals surface area contributed by atoms with Gasteiger partial charge >= 0.3 is 0 Å². The van der Waals surface area contributed by atoms with Crippen LogP contribution in [0.3, 0.4) is 0 Å². The Morgan fingerprint density at radius 1 is 1.29 bits per heavy atom. The average molecular weight is 437 g/mol. The van der Waals surface area contributed by atoms with Gasteiger partial charge in [0.15, 0.2) is 0 Å². The van der Waals surface area contributed by atoms with Gasteiger partial charge in [0.05, 0.1) is 11.4 Å². The second-order valence-corrected chi connectivity index (χ2v) is 9.47. The molecular formula is C23H28N6OS. The Kier molecular flexibility index (Phi) is 5.50. The Bertz CT molecular complexity index is 1120. The van der Waals surface area contributed by atoms with Crippen molar-refractivity contribution in [3.63, 3.8) is 0 Å². The minimum absolute atomic E-state index is 0.112. The van der Waals surface area contributed by atoms with Crippen molar-refractivity contribution < 1.29 is 4.79 Å². The van der Waals surface area contributed by atoms with Gasteiger partial charge in [-0.3, -0.25) is 4.79 Å². The molecule has 3 heterocycles. The monoisotopic (exact) mass is 436 g/mol. The van der Waals surface area contributed by atoms with E-state index in [1.807, 2.05) is 6.92 Å². The molecule has 1 aromatic carbocycles. The number of thiophene rings is 1. The summed E-state index contributed by atoms with van der Waals surface area (Å²) >= 11 is 1.32. The number of hydrogen-bond acceptors (Lipinski definition) is 7. The Morgan fingerprint density at radius 2 is 2.19 bits per heavy atom. The summed E-state index contributed by atoms with van der Waals surface area (Å²) in [7, 11) is 0. The fourth-order valence-corrected chi connectivity index (χ4v) is 5.56. The van der Waals surface area contributed by atoms with Gasteiger partial charge < -0.3 is 21.3 Å². The van der Waals surface area contributed by atoms with E-state index in [4.69, 9.17) is 5.73 Å².